The van der Waals surface area contributed by atoms with Crippen molar-refractivity contribution in [1.29, 1.82) is 0 Å². The van der Waals surface area contributed by atoms with Crippen molar-refractivity contribution in [3.63, 3.8) is 0 Å². The van der Waals surface area contributed by atoms with Gasteiger partial charge in [-0.15, -0.1) is 0 Å². The van der Waals surface area contributed by atoms with E-state index in [1.54, 1.807) is 38.2 Å². The van der Waals surface area contributed by atoms with Crippen LogP contribution in [0.1, 0.15) is 17.3 Å². The van der Waals surface area contributed by atoms with Gasteiger partial charge in [0.05, 0.1) is 18.7 Å². The molecule has 0 radical (unpaired) electrons. The van der Waals surface area contributed by atoms with Crippen LogP contribution in [0.3, 0.4) is 0 Å². The second kappa shape index (κ2) is 9.14. The van der Waals surface area contributed by atoms with Crippen molar-refractivity contribution in [3.8, 4) is 17.2 Å². The quantitative estimate of drug-likeness (QED) is 0.739. The Kier molecular flexibility index (Phi) is 6.90. The zero-order valence-corrected chi connectivity index (χ0v) is 15.9. The van der Waals surface area contributed by atoms with Gasteiger partial charge in [-0.25, -0.2) is 4.79 Å². The molecule has 2 aromatic rings. The minimum Gasteiger partial charge on any atom is -0.495 e. The zero-order valence-electron chi connectivity index (χ0n) is 15.2. The summed E-state index contributed by atoms with van der Waals surface area (Å²) in [5.41, 5.74) is 0.950. The largest absolute Gasteiger partial charge is 0.495 e. The number of benzene rings is 2. The molecular weight excluding hydrogens is 374 g/mol. The first-order valence-corrected chi connectivity index (χ1v) is 8.48. The van der Waals surface area contributed by atoms with Crippen LogP contribution in [0.5, 0.6) is 17.2 Å². The fourth-order valence-corrected chi connectivity index (χ4v) is 2.59. The Labute approximate surface area is 162 Å². The number of methoxy groups -OCH3 is 1. The lowest BCUT2D eigenvalue weighted by Gasteiger charge is -2.19. The molecule has 0 unspecified atom stereocenters. The maximum Gasteiger partial charge on any atom is 0.341 e. The lowest BCUT2D eigenvalue weighted by Crippen LogP contribution is -2.26. The molecule has 2 aromatic carbocycles. The predicted octanol–water partition coefficient (Wildman–Crippen LogP) is 3.49. The van der Waals surface area contributed by atoms with Gasteiger partial charge in [0.1, 0.15) is 5.75 Å². The van der Waals surface area contributed by atoms with Crippen molar-refractivity contribution in [3.05, 3.63) is 47.0 Å². The second-order valence-electron chi connectivity index (χ2n) is 5.46. The molecule has 0 aliphatic carbocycles. The van der Waals surface area contributed by atoms with Gasteiger partial charge in [-0.3, -0.25) is 4.79 Å². The number of nitrogens with zero attached hydrogens (tertiary/aromatic N) is 1. The van der Waals surface area contributed by atoms with Crippen LogP contribution < -0.4 is 19.1 Å². The van der Waals surface area contributed by atoms with E-state index in [9.17, 15) is 9.59 Å². The molecular formula is C19H20ClNO6. The van der Waals surface area contributed by atoms with Gasteiger partial charge in [0.15, 0.2) is 18.1 Å². The van der Waals surface area contributed by atoms with E-state index < -0.39 is 12.6 Å². The third kappa shape index (κ3) is 5.04. The first kappa shape index (κ1) is 20.4. The van der Waals surface area contributed by atoms with E-state index in [1.165, 1.54) is 24.1 Å². The molecule has 2 rings (SSSR count). The Morgan fingerprint density at radius 2 is 1.78 bits per heavy atom. The molecule has 0 saturated carbocycles. The van der Waals surface area contributed by atoms with Gasteiger partial charge >= 0.3 is 5.97 Å². The molecule has 0 spiro atoms. The fourth-order valence-electron chi connectivity index (χ4n) is 2.34. The lowest BCUT2D eigenvalue weighted by atomic mass is 10.1. The van der Waals surface area contributed by atoms with Crippen molar-refractivity contribution in [2.45, 2.75) is 6.92 Å². The third-order valence-corrected chi connectivity index (χ3v) is 3.96. The number of carboxylic acid groups (broad SMARTS) is 1. The molecule has 0 atom stereocenters. The molecule has 144 valence electrons. The van der Waals surface area contributed by atoms with Gasteiger partial charge in [-0.2, -0.15) is 0 Å². The van der Waals surface area contributed by atoms with Crippen LogP contribution >= 0.6 is 11.6 Å². The SMILES string of the molecule is CCOc1cc(C(=O)N(C)c2ccc(OC)c(Cl)c2)ccc1OCC(=O)O. The third-order valence-electron chi connectivity index (χ3n) is 3.67. The van der Waals surface area contributed by atoms with Crippen LogP contribution in [0.4, 0.5) is 5.69 Å². The van der Waals surface area contributed by atoms with Crippen LogP contribution in [-0.4, -0.2) is 44.4 Å². The molecule has 0 heterocycles. The molecule has 1 N–H and O–H groups in total. The topological polar surface area (TPSA) is 85.3 Å². The monoisotopic (exact) mass is 393 g/mol. The number of carboxylic acids is 1. The molecule has 1 amide bonds. The van der Waals surface area contributed by atoms with E-state index in [-0.39, 0.29) is 11.7 Å². The number of amides is 1. The van der Waals surface area contributed by atoms with Crippen molar-refractivity contribution < 1.29 is 28.9 Å². The van der Waals surface area contributed by atoms with Crippen LogP contribution in [0.2, 0.25) is 5.02 Å². The molecule has 27 heavy (non-hydrogen) atoms. The predicted molar refractivity (Wildman–Crippen MR) is 101 cm³/mol. The van der Waals surface area contributed by atoms with Crippen LogP contribution in [0.25, 0.3) is 0 Å². The first-order chi connectivity index (χ1) is 12.9. The number of aliphatic carboxylic acids is 1. The van der Waals surface area contributed by atoms with Crippen LogP contribution in [0, 0.1) is 0 Å². The molecule has 0 aromatic heterocycles. The van der Waals surface area contributed by atoms with E-state index >= 15 is 0 Å². The van der Waals surface area contributed by atoms with E-state index in [0.29, 0.717) is 34.4 Å². The summed E-state index contributed by atoms with van der Waals surface area (Å²) in [7, 11) is 3.13. The normalized spacial score (nSPS) is 10.2. The van der Waals surface area contributed by atoms with Gasteiger partial charge in [-0.1, -0.05) is 11.6 Å². The highest BCUT2D eigenvalue weighted by Gasteiger charge is 2.18. The first-order valence-electron chi connectivity index (χ1n) is 8.10. The average molecular weight is 394 g/mol. The van der Waals surface area contributed by atoms with Gasteiger partial charge in [0.25, 0.3) is 5.91 Å². The number of hydrogen-bond acceptors (Lipinski definition) is 5. The van der Waals surface area contributed by atoms with Crippen LogP contribution in [0.15, 0.2) is 36.4 Å². The number of anilines is 1. The van der Waals surface area contributed by atoms with Crippen molar-refractivity contribution in [2.75, 3.05) is 32.3 Å². The van der Waals surface area contributed by atoms with Crippen LogP contribution in [-0.2, 0) is 4.79 Å². The smallest absolute Gasteiger partial charge is 0.341 e. The summed E-state index contributed by atoms with van der Waals surface area (Å²) >= 11 is 6.12. The lowest BCUT2D eigenvalue weighted by molar-refractivity contribution is -0.139. The van der Waals surface area contributed by atoms with E-state index in [4.69, 9.17) is 30.9 Å². The Bertz CT molecular complexity index is 839. The number of rotatable bonds is 8. The molecule has 0 fully saturated rings. The Balaban J connectivity index is 2.27. The van der Waals surface area contributed by atoms with Gasteiger partial charge < -0.3 is 24.2 Å². The van der Waals surface area contributed by atoms with E-state index in [1.807, 2.05) is 0 Å². The van der Waals surface area contributed by atoms with Crippen molar-refractivity contribution >= 4 is 29.2 Å². The minimum absolute atomic E-state index is 0.256. The molecule has 8 heteroatoms. The van der Waals surface area contributed by atoms with Gasteiger partial charge in [0, 0.05) is 18.3 Å². The maximum absolute atomic E-state index is 12.8. The Morgan fingerprint density at radius 1 is 1.07 bits per heavy atom. The minimum atomic E-state index is -1.10. The number of halogens is 1. The molecule has 0 aliphatic heterocycles. The highest BCUT2D eigenvalue weighted by atomic mass is 35.5. The zero-order chi connectivity index (χ0) is 20.0. The standard InChI is InChI=1S/C19H20ClNO6/c1-4-26-17-9-12(5-7-16(17)27-11-18(22)23)19(24)21(2)13-6-8-15(25-3)14(20)10-13/h5-10H,4,11H2,1-3H3,(H,22,23). The van der Waals surface area contributed by atoms with Crippen molar-refractivity contribution in [2.24, 2.45) is 0 Å². The number of carbonyl (C=O) groups is 2. The summed E-state index contributed by atoms with van der Waals surface area (Å²) < 4.78 is 15.8. The summed E-state index contributed by atoms with van der Waals surface area (Å²) in [5.74, 6) is -0.327. The fraction of sp³-hybridized carbons (Fsp3) is 0.263. The number of carbonyl (C=O) groups excluding carboxylic acids is 1. The summed E-state index contributed by atoms with van der Waals surface area (Å²) in [5, 5.41) is 9.14. The van der Waals surface area contributed by atoms with E-state index in [0.717, 1.165) is 0 Å². The molecule has 0 saturated heterocycles. The van der Waals surface area contributed by atoms with Gasteiger partial charge in [0.2, 0.25) is 0 Å². The Hall–Kier alpha value is -2.93. The molecule has 7 nitrogen and oxygen atoms in total. The molecule has 0 aliphatic rings. The Morgan fingerprint density at radius 3 is 2.37 bits per heavy atom. The summed E-state index contributed by atoms with van der Waals surface area (Å²) in [6, 6.07) is 9.60. The van der Waals surface area contributed by atoms with E-state index in [2.05, 4.69) is 0 Å². The summed E-state index contributed by atoms with van der Waals surface area (Å²) in [4.78, 5) is 24.9. The summed E-state index contributed by atoms with van der Waals surface area (Å²) in [6.07, 6.45) is 0. The average Bonchev–Trinajstić information content (AvgIpc) is 2.65. The molecule has 0 bridgehead atoms. The maximum atomic E-state index is 12.8. The highest BCUT2D eigenvalue weighted by Crippen LogP contribution is 2.31. The number of ether oxygens (including phenoxy) is 3. The van der Waals surface area contributed by atoms with Crippen molar-refractivity contribution in [1.82, 2.24) is 0 Å². The highest BCUT2D eigenvalue weighted by molar-refractivity contribution is 6.32. The summed E-state index contributed by atoms with van der Waals surface area (Å²) in [6.45, 7) is 1.61. The number of hydrogen-bond donors (Lipinski definition) is 1. The van der Waals surface area contributed by atoms with Gasteiger partial charge in [-0.05, 0) is 43.3 Å². The second-order valence-corrected chi connectivity index (χ2v) is 5.87.